The van der Waals surface area contributed by atoms with Crippen LogP contribution in [0.1, 0.15) is 25.8 Å². The minimum absolute atomic E-state index is 0.189. The molecule has 0 bridgehead atoms. The molecular formula is C11H13Cl2N. The molecule has 0 unspecified atom stereocenters. The summed E-state index contributed by atoms with van der Waals surface area (Å²) in [6, 6.07) is 3.89. The van der Waals surface area contributed by atoms with Crippen molar-refractivity contribution in [3.63, 3.8) is 0 Å². The lowest BCUT2D eigenvalue weighted by molar-refractivity contribution is 0.482. The van der Waals surface area contributed by atoms with Crippen LogP contribution in [0.5, 0.6) is 0 Å². The van der Waals surface area contributed by atoms with Crippen LogP contribution >= 0.6 is 23.2 Å². The van der Waals surface area contributed by atoms with Crippen molar-refractivity contribution in [1.82, 2.24) is 0 Å². The molecule has 0 aliphatic carbocycles. The Balaban J connectivity index is 2.59. The number of rotatable bonds is 0. The van der Waals surface area contributed by atoms with Gasteiger partial charge in [0.25, 0.3) is 0 Å². The van der Waals surface area contributed by atoms with Gasteiger partial charge >= 0.3 is 0 Å². The van der Waals surface area contributed by atoms with Crippen molar-refractivity contribution in [1.29, 1.82) is 0 Å². The van der Waals surface area contributed by atoms with Gasteiger partial charge in [-0.2, -0.15) is 0 Å². The Hall–Kier alpha value is -0.400. The average Bonchev–Trinajstić information content (AvgIpc) is 2.08. The van der Waals surface area contributed by atoms with Crippen molar-refractivity contribution in [3.05, 3.63) is 27.7 Å². The molecule has 1 nitrogen and oxygen atoms in total. The molecule has 0 amide bonds. The summed E-state index contributed by atoms with van der Waals surface area (Å²) in [6.45, 7) is 5.46. The Morgan fingerprint density at radius 2 is 1.86 bits per heavy atom. The van der Waals surface area contributed by atoms with Crippen LogP contribution < -0.4 is 5.32 Å². The minimum Gasteiger partial charge on any atom is -0.385 e. The van der Waals surface area contributed by atoms with E-state index < -0.39 is 0 Å². The molecule has 0 saturated carbocycles. The van der Waals surface area contributed by atoms with Gasteiger partial charge in [-0.3, -0.25) is 0 Å². The van der Waals surface area contributed by atoms with E-state index in [0.29, 0.717) is 10.0 Å². The number of benzene rings is 1. The van der Waals surface area contributed by atoms with Crippen LogP contribution in [0.2, 0.25) is 10.0 Å². The normalized spacial score (nSPS) is 18.6. The SMILES string of the molecule is CC1(C)CCNc2cc(Cl)c(Cl)cc21. The van der Waals surface area contributed by atoms with Crippen LogP contribution in [0.25, 0.3) is 0 Å². The third-order valence-corrected chi connectivity index (χ3v) is 3.58. The predicted octanol–water partition coefficient (Wildman–Crippen LogP) is 4.09. The number of hydrogen-bond acceptors (Lipinski definition) is 1. The van der Waals surface area contributed by atoms with Gasteiger partial charge in [0, 0.05) is 12.2 Å². The summed E-state index contributed by atoms with van der Waals surface area (Å²) in [5, 5.41) is 4.61. The molecule has 2 rings (SSSR count). The van der Waals surface area contributed by atoms with E-state index in [0.717, 1.165) is 18.7 Å². The number of nitrogens with one attached hydrogen (secondary N) is 1. The Bertz CT molecular complexity index is 372. The van der Waals surface area contributed by atoms with E-state index in [9.17, 15) is 0 Å². The smallest absolute Gasteiger partial charge is 0.0613 e. The lowest BCUT2D eigenvalue weighted by Crippen LogP contribution is -2.28. The van der Waals surface area contributed by atoms with E-state index in [1.807, 2.05) is 12.1 Å². The predicted molar refractivity (Wildman–Crippen MR) is 62.6 cm³/mol. The molecule has 0 radical (unpaired) electrons. The van der Waals surface area contributed by atoms with Gasteiger partial charge in [0.2, 0.25) is 0 Å². The molecule has 1 heterocycles. The maximum atomic E-state index is 6.01. The van der Waals surface area contributed by atoms with E-state index >= 15 is 0 Å². The largest absolute Gasteiger partial charge is 0.385 e. The molecule has 0 saturated heterocycles. The van der Waals surface area contributed by atoms with E-state index in [4.69, 9.17) is 23.2 Å². The highest BCUT2D eigenvalue weighted by molar-refractivity contribution is 6.42. The minimum atomic E-state index is 0.189. The summed E-state index contributed by atoms with van der Waals surface area (Å²) < 4.78 is 0. The van der Waals surface area contributed by atoms with Crippen molar-refractivity contribution in [2.75, 3.05) is 11.9 Å². The summed E-state index contributed by atoms with van der Waals surface area (Å²) in [5.74, 6) is 0. The first-order chi connectivity index (χ1) is 6.50. The zero-order chi connectivity index (χ0) is 10.3. The lowest BCUT2D eigenvalue weighted by atomic mass is 9.78. The van der Waals surface area contributed by atoms with Crippen LogP contribution in [0.4, 0.5) is 5.69 Å². The van der Waals surface area contributed by atoms with Crippen molar-refractivity contribution in [3.8, 4) is 0 Å². The summed E-state index contributed by atoms with van der Waals surface area (Å²) in [6.07, 6.45) is 1.12. The molecule has 1 aliphatic heterocycles. The molecule has 1 aromatic carbocycles. The monoisotopic (exact) mass is 229 g/mol. The van der Waals surface area contributed by atoms with Gasteiger partial charge in [-0.05, 0) is 29.5 Å². The third kappa shape index (κ3) is 1.59. The summed E-state index contributed by atoms with van der Waals surface area (Å²) in [5.41, 5.74) is 2.57. The number of hydrogen-bond donors (Lipinski definition) is 1. The molecule has 14 heavy (non-hydrogen) atoms. The first kappa shape index (κ1) is 10.1. The maximum absolute atomic E-state index is 6.01. The molecule has 0 spiro atoms. The fraction of sp³-hybridized carbons (Fsp3) is 0.455. The Morgan fingerprint density at radius 1 is 1.21 bits per heavy atom. The van der Waals surface area contributed by atoms with Crippen LogP contribution in [0, 0.1) is 0 Å². The molecule has 1 aliphatic rings. The van der Waals surface area contributed by atoms with Gasteiger partial charge < -0.3 is 5.32 Å². The van der Waals surface area contributed by atoms with Crippen molar-refractivity contribution >= 4 is 28.9 Å². The molecule has 0 aromatic heterocycles. The van der Waals surface area contributed by atoms with E-state index in [1.54, 1.807) is 0 Å². The molecule has 0 atom stereocenters. The maximum Gasteiger partial charge on any atom is 0.0613 e. The third-order valence-electron chi connectivity index (χ3n) is 2.86. The zero-order valence-corrected chi connectivity index (χ0v) is 9.84. The molecule has 3 heteroatoms. The van der Waals surface area contributed by atoms with Crippen molar-refractivity contribution in [2.24, 2.45) is 0 Å². The van der Waals surface area contributed by atoms with Crippen LogP contribution in [-0.2, 0) is 5.41 Å². The summed E-state index contributed by atoms with van der Waals surface area (Å²) in [7, 11) is 0. The van der Waals surface area contributed by atoms with E-state index in [2.05, 4.69) is 19.2 Å². The van der Waals surface area contributed by atoms with Crippen LogP contribution in [0.15, 0.2) is 12.1 Å². The topological polar surface area (TPSA) is 12.0 Å². The second-order valence-electron chi connectivity index (χ2n) is 4.37. The zero-order valence-electron chi connectivity index (χ0n) is 8.32. The Kier molecular flexibility index (Phi) is 2.40. The van der Waals surface area contributed by atoms with Gasteiger partial charge in [-0.25, -0.2) is 0 Å². The van der Waals surface area contributed by atoms with Gasteiger partial charge in [0.05, 0.1) is 10.0 Å². The van der Waals surface area contributed by atoms with E-state index in [1.165, 1.54) is 5.56 Å². The molecular weight excluding hydrogens is 217 g/mol. The van der Waals surface area contributed by atoms with Crippen molar-refractivity contribution in [2.45, 2.75) is 25.7 Å². The Labute approximate surface area is 94.4 Å². The highest BCUT2D eigenvalue weighted by Gasteiger charge is 2.27. The highest BCUT2D eigenvalue weighted by Crippen LogP contribution is 2.40. The second-order valence-corrected chi connectivity index (χ2v) is 5.19. The molecule has 76 valence electrons. The van der Waals surface area contributed by atoms with Crippen LogP contribution in [0.3, 0.4) is 0 Å². The highest BCUT2D eigenvalue weighted by atomic mass is 35.5. The fourth-order valence-corrected chi connectivity index (χ4v) is 2.22. The van der Waals surface area contributed by atoms with Crippen LogP contribution in [-0.4, -0.2) is 6.54 Å². The summed E-state index contributed by atoms with van der Waals surface area (Å²) in [4.78, 5) is 0. The molecule has 0 fully saturated rings. The Morgan fingerprint density at radius 3 is 2.57 bits per heavy atom. The number of anilines is 1. The summed E-state index contributed by atoms with van der Waals surface area (Å²) >= 11 is 12.0. The average molecular weight is 230 g/mol. The number of halogens is 2. The first-order valence-corrected chi connectivity index (χ1v) is 5.50. The van der Waals surface area contributed by atoms with Crippen molar-refractivity contribution < 1.29 is 0 Å². The molecule has 1 aromatic rings. The lowest BCUT2D eigenvalue weighted by Gasteiger charge is -2.33. The standard InChI is InChI=1S/C11H13Cl2N/c1-11(2)3-4-14-10-6-9(13)8(12)5-7(10)11/h5-6,14H,3-4H2,1-2H3. The first-order valence-electron chi connectivity index (χ1n) is 4.74. The van der Waals surface area contributed by atoms with Gasteiger partial charge in [0.15, 0.2) is 0 Å². The second kappa shape index (κ2) is 3.32. The van der Waals surface area contributed by atoms with Gasteiger partial charge in [-0.1, -0.05) is 37.0 Å². The fourth-order valence-electron chi connectivity index (χ4n) is 1.90. The molecule has 1 N–H and O–H groups in total. The van der Waals surface area contributed by atoms with Gasteiger partial charge in [0.1, 0.15) is 0 Å². The van der Waals surface area contributed by atoms with Gasteiger partial charge in [-0.15, -0.1) is 0 Å². The quantitative estimate of drug-likeness (QED) is 0.707. The number of fused-ring (bicyclic) bond motifs is 1. The van der Waals surface area contributed by atoms with E-state index in [-0.39, 0.29) is 5.41 Å².